The number of benzene rings is 1. The maximum absolute atomic E-state index is 13.5. The summed E-state index contributed by atoms with van der Waals surface area (Å²) in [5.74, 6) is -3.07. The van der Waals surface area contributed by atoms with Gasteiger partial charge < -0.3 is 5.32 Å². The van der Waals surface area contributed by atoms with Gasteiger partial charge in [-0.3, -0.25) is 0 Å². The molecule has 0 amide bonds. The zero-order valence-corrected chi connectivity index (χ0v) is 9.81. The summed E-state index contributed by atoms with van der Waals surface area (Å²) in [6.07, 6.45) is 0.988. The third-order valence-corrected chi connectivity index (χ3v) is 3.19. The number of alkyl halides is 2. The molecule has 0 saturated heterocycles. The highest BCUT2D eigenvalue weighted by Gasteiger charge is 2.31. The van der Waals surface area contributed by atoms with Crippen molar-refractivity contribution in [3.05, 3.63) is 29.8 Å². The second kappa shape index (κ2) is 4.47. The van der Waals surface area contributed by atoms with Crippen molar-refractivity contribution < 1.29 is 17.2 Å². The van der Waals surface area contributed by atoms with Gasteiger partial charge in [-0.1, -0.05) is 12.1 Å². The Morgan fingerprint density at radius 3 is 2.50 bits per heavy atom. The largest absolute Gasteiger partial charge is 0.314 e. The Hall–Kier alpha value is -1.01. The number of halogens is 2. The van der Waals surface area contributed by atoms with Gasteiger partial charge in [-0.2, -0.15) is 8.78 Å². The highest BCUT2D eigenvalue weighted by Crippen LogP contribution is 2.28. The predicted octanol–water partition coefficient (Wildman–Crippen LogP) is 1.40. The number of rotatable bonds is 4. The molecule has 1 aromatic rings. The smallest absolute Gasteiger partial charge is 0.285 e. The minimum Gasteiger partial charge on any atom is -0.314 e. The molecule has 0 atom stereocenters. The molecular weight excluding hydrogens is 236 g/mol. The first kappa shape index (κ1) is 13.1. The van der Waals surface area contributed by atoms with E-state index >= 15 is 0 Å². The van der Waals surface area contributed by atoms with Gasteiger partial charge in [0, 0.05) is 11.8 Å². The minimum absolute atomic E-state index is 0.0965. The third-order valence-electron chi connectivity index (χ3n) is 2.08. The lowest BCUT2D eigenvalue weighted by Crippen LogP contribution is -2.28. The van der Waals surface area contributed by atoms with Crippen molar-refractivity contribution in [3.63, 3.8) is 0 Å². The molecule has 0 heterocycles. The van der Waals surface area contributed by atoms with Gasteiger partial charge in [0.15, 0.2) is 9.84 Å². The summed E-state index contributed by atoms with van der Waals surface area (Å²) in [6.45, 7) is -0.528. The second-order valence-electron chi connectivity index (χ2n) is 3.53. The average Bonchev–Trinajstić information content (AvgIpc) is 2.16. The van der Waals surface area contributed by atoms with E-state index in [0.29, 0.717) is 0 Å². The number of sulfone groups is 1. The second-order valence-corrected chi connectivity index (χ2v) is 5.55. The van der Waals surface area contributed by atoms with E-state index in [1.807, 2.05) is 0 Å². The molecule has 0 radical (unpaired) electrons. The molecule has 0 aliphatic carbocycles. The molecule has 0 fully saturated rings. The van der Waals surface area contributed by atoms with Gasteiger partial charge >= 0.3 is 0 Å². The van der Waals surface area contributed by atoms with E-state index in [1.54, 1.807) is 0 Å². The molecule has 0 saturated carbocycles. The van der Waals surface area contributed by atoms with Crippen molar-refractivity contribution in [2.45, 2.75) is 10.8 Å². The molecule has 3 nitrogen and oxygen atoms in total. The molecule has 90 valence electrons. The summed E-state index contributed by atoms with van der Waals surface area (Å²) in [5, 5.41) is 2.37. The van der Waals surface area contributed by atoms with Crippen LogP contribution in [0.25, 0.3) is 0 Å². The number of hydrogen-bond acceptors (Lipinski definition) is 3. The van der Waals surface area contributed by atoms with Crippen LogP contribution in [0.3, 0.4) is 0 Å². The fourth-order valence-corrected chi connectivity index (χ4v) is 1.95. The first-order valence-corrected chi connectivity index (χ1v) is 6.49. The standard InChI is InChI=1S/C10H13F2NO2S/c1-13-7-10(11,12)8-4-3-5-9(6-8)16(2,14)15/h3-6,13H,7H2,1-2H3. The van der Waals surface area contributed by atoms with Gasteiger partial charge in [-0.05, 0) is 19.2 Å². The molecule has 0 aliphatic rings. The third kappa shape index (κ3) is 2.99. The van der Waals surface area contributed by atoms with Crippen molar-refractivity contribution in [3.8, 4) is 0 Å². The van der Waals surface area contributed by atoms with Crippen LogP contribution in [0.4, 0.5) is 8.78 Å². The summed E-state index contributed by atoms with van der Waals surface area (Å²) in [4.78, 5) is -0.0965. The van der Waals surface area contributed by atoms with E-state index in [1.165, 1.54) is 25.2 Å². The lowest BCUT2D eigenvalue weighted by atomic mass is 10.1. The first-order valence-electron chi connectivity index (χ1n) is 4.60. The highest BCUT2D eigenvalue weighted by molar-refractivity contribution is 7.90. The highest BCUT2D eigenvalue weighted by atomic mass is 32.2. The fraction of sp³-hybridized carbons (Fsp3) is 0.400. The van der Waals surface area contributed by atoms with E-state index in [2.05, 4.69) is 5.32 Å². The predicted molar refractivity (Wildman–Crippen MR) is 57.4 cm³/mol. The molecule has 0 aromatic heterocycles. The first-order chi connectivity index (χ1) is 7.27. The van der Waals surface area contributed by atoms with Crippen LogP contribution >= 0.6 is 0 Å². The van der Waals surface area contributed by atoms with Crippen molar-refractivity contribution >= 4 is 9.84 Å². The maximum Gasteiger partial charge on any atom is 0.285 e. The van der Waals surface area contributed by atoms with Gasteiger partial charge in [0.1, 0.15) is 0 Å². The lowest BCUT2D eigenvalue weighted by Gasteiger charge is -2.16. The zero-order chi connectivity index (χ0) is 12.4. The van der Waals surface area contributed by atoms with Crippen molar-refractivity contribution in [2.24, 2.45) is 0 Å². The van der Waals surface area contributed by atoms with Crippen LogP contribution in [0.15, 0.2) is 29.2 Å². The normalized spacial score (nSPS) is 12.8. The molecule has 0 spiro atoms. The Morgan fingerprint density at radius 1 is 1.38 bits per heavy atom. The number of nitrogens with one attached hydrogen (secondary N) is 1. The Balaban J connectivity index is 3.18. The van der Waals surface area contributed by atoms with Crippen LogP contribution in [0.1, 0.15) is 5.56 Å². The average molecular weight is 249 g/mol. The van der Waals surface area contributed by atoms with E-state index in [4.69, 9.17) is 0 Å². The Bertz CT molecular complexity index is 471. The SMILES string of the molecule is CNCC(F)(F)c1cccc(S(C)(=O)=O)c1. The van der Waals surface area contributed by atoms with Crippen LogP contribution < -0.4 is 5.32 Å². The molecule has 1 rings (SSSR count). The molecule has 0 aliphatic heterocycles. The minimum atomic E-state index is -3.45. The van der Waals surface area contributed by atoms with Gasteiger partial charge in [0.2, 0.25) is 0 Å². The number of likely N-dealkylation sites (N-methyl/N-ethyl adjacent to an activating group) is 1. The Morgan fingerprint density at radius 2 is 2.00 bits per heavy atom. The van der Waals surface area contributed by atoms with E-state index in [9.17, 15) is 17.2 Å². The molecule has 6 heteroatoms. The summed E-state index contributed by atoms with van der Waals surface area (Å²) in [5.41, 5.74) is -0.301. The van der Waals surface area contributed by atoms with E-state index in [0.717, 1.165) is 12.3 Å². The van der Waals surface area contributed by atoms with Gasteiger partial charge in [-0.15, -0.1) is 0 Å². The van der Waals surface area contributed by atoms with Gasteiger partial charge in [-0.25, -0.2) is 8.42 Å². The molecular formula is C10H13F2NO2S. The van der Waals surface area contributed by atoms with Gasteiger partial charge in [0.25, 0.3) is 5.92 Å². The summed E-state index contributed by atoms with van der Waals surface area (Å²) in [7, 11) is -2.04. The summed E-state index contributed by atoms with van der Waals surface area (Å²) >= 11 is 0. The number of hydrogen-bond donors (Lipinski definition) is 1. The molecule has 0 bridgehead atoms. The van der Waals surface area contributed by atoms with Gasteiger partial charge in [0.05, 0.1) is 11.4 Å². The van der Waals surface area contributed by atoms with Crippen LogP contribution in [-0.2, 0) is 15.8 Å². The van der Waals surface area contributed by atoms with Crippen LogP contribution in [-0.4, -0.2) is 28.3 Å². The zero-order valence-electron chi connectivity index (χ0n) is 9.00. The van der Waals surface area contributed by atoms with Crippen LogP contribution in [0.5, 0.6) is 0 Å². The topological polar surface area (TPSA) is 46.2 Å². The van der Waals surface area contributed by atoms with Crippen LogP contribution in [0, 0.1) is 0 Å². The molecule has 1 aromatic carbocycles. The molecule has 16 heavy (non-hydrogen) atoms. The fourth-order valence-electron chi connectivity index (χ4n) is 1.28. The van der Waals surface area contributed by atoms with E-state index in [-0.39, 0.29) is 10.5 Å². The monoisotopic (exact) mass is 249 g/mol. The van der Waals surface area contributed by atoms with Crippen molar-refractivity contribution in [1.82, 2.24) is 5.32 Å². The lowest BCUT2D eigenvalue weighted by molar-refractivity contribution is -0.00145. The summed E-state index contributed by atoms with van der Waals surface area (Å²) in [6, 6.07) is 4.84. The maximum atomic E-state index is 13.5. The molecule has 0 unspecified atom stereocenters. The summed E-state index contributed by atoms with van der Waals surface area (Å²) < 4.78 is 49.4. The quantitative estimate of drug-likeness (QED) is 0.877. The Kier molecular flexibility index (Phi) is 3.64. The van der Waals surface area contributed by atoms with Crippen molar-refractivity contribution in [2.75, 3.05) is 19.8 Å². The van der Waals surface area contributed by atoms with Crippen LogP contribution in [0.2, 0.25) is 0 Å². The van der Waals surface area contributed by atoms with E-state index < -0.39 is 22.3 Å². The van der Waals surface area contributed by atoms with Crippen molar-refractivity contribution in [1.29, 1.82) is 0 Å². The molecule has 1 N–H and O–H groups in total. The Labute approximate surface area is 93.4 Å².